The number of nitrogens with one attached hydrogen (secondary N) is 2. The number of methoxy groups -OCH3 is 1. The minimum Gasteiger partial charge on any atom is -0.492 e. The summed E-state index contributed by atoms with van der Waals surface area (Å²) in [7, 11) is -2.80. The number of fused-ring (bicyclic) bond motifs is 1. The third kappa shape index (κ3) is 8.63. The first-order valence-corrected chi connectivity index (χ1v) is 14.0. The molecule has 4 N–H and O–H groups in total. The summed E-state index contributed by atoms with van der Waals surface area (Å²) in [6, 6.07) is 10.1. The highest BCUT2D eigenvalue weighted by Gasteiger charge is 2.32. The molecule has 2 amide bonds. The van der Waals surface area contributed by atoms with Crippen molar-refractivity contribution in [3.8, 4) is 17.2 Å². The molecule has 0 saturated carbocycles. The molecule has 0 aliphatic carbocycles. The number of ether oxygens (including phenoxy) is 4. The molecule has 13 nitrogen and oxygen atoms in total. The number of hydrogen-bond donors (Lipinski definition) is 4. The minimum absolute atomic E-state index is 0.00446. The zero-order valence-corrected chi connectivity index (χ0v) is 23.3. The maximum absolute atomic E-state index is 13.5. The van der Waals surface area contributed by atoms with Gasteiger partial charge in [-0.15, -0.1) is 0 Å². The van der Waals surface area contributed by atoms with Crippen molar-refractivity contribution >= 4 is 22.2 Å². The molecule has 0 aromatic heterocycles. The number of sulfonamides is 1. The van der Waals surface area contributed by atoms with E-state index < -0.39 is 34.4 Å². The molecule has 2 aromatic carbocycles. The van der Waals surface area contributed by atoms with Crippen LogP contribution in [0.15, 0.2) is 47.4 Å². The molecule has 220 valence electrons. The van der Waals surface area contributed by atoms with Gasteiger partial charge in [0.2, 0.25) is 16.8 Å². The Labute approximate surface area is 233 Å². The largest absolute Gasteiger partial charge is 0.492 e. The van der Waals surface area contributed by atoms with Crippen LogP contribution < -0.4 is 24.8 Å². The summed E-state index contributed by atoms with van der Waals surface area (Å²) >= 11 is 0. The van der Waals surface area contributed by atoms with Crippen molar-refractivity contribution in [2.24, 2.45) is 5.92 Å². The van der Waals surface area contributed by atoms with E-state index in [0.717, 1.165) is 4.31 Å². The number of aliphatic hydroxyl groups excluding tert-OH is 1. The van der Waals surface area contributed by atoms with Gasteiger partial charge in [0.05, 0.1) is 30.7 Å². The zero-order chi connectivity index (χ0) is 29.3. The van der Waals surface area contributed by atoms with Crippen LogP contribution in [0.25, 0.3) is 0 Å². The lowest BCUT2D eigenvalue weighted by molar-refractivity contribution is 0.0980. The van der Waals surface area contributed by atoms with Crippen LogP contribution in [0.1, 0.15) is 19.4 Å². The van der Waals surface area contributed by atoms with Crippen molar-refractivity contribution in [2.75, 3.05) is 40.1 Å². The molecule has 0 bridgehead atoms. The second kappa shape index (κ2) is 14.1. The highest BCUT2D eigenvalue weighted by Crippen LogP contribution is 2.35. The van der Waals surface area contributed by atoms with Crippen molar-refractivity contribution in [2.45, 2.75) is 37.3 Å². The zero-order valence-electron chi connectivity index (χ0n) is 22.5. The van der Waals surface area contributed by atoms with Gasteiger partial charge in [0.1, 0.15) is 12.4 Å². The highest BCUT2D eigenvalue weighted by molar-refractivity contribution is 7.89. The van der Waals surface area contributed by atoms with Crippen LogP contribution in [-0.2, 0) is 21.2 Å². The lowest BCUT2D eigenvalue weighted by Crippen LogP contribution is -2.50. The second-order valence-corrected chi connectivity index (χ2v) is 11.4. The summed E-state index contributed by atoms with van der Waals surface area (Å²) in [4.78, 5) is 22.6. The lowest BCUT2D eigenvalue weighted by atomic mass is 10.0. The monoisotopic (exact) mass is 581 g/mol. The number of hydrogen-bond acceptors (Lipinski definition) is 9. The Bertz CT molecular complexity index is 1250. The maximum atomic E-state index is 13.5. The first-order valence-electron chi connectivity index (χ1n) is 12.6. The van der Waals surface area contributed by atoms with Gasteiger partial charge in [0.25, 0.3) is 0 Å². The van der Waals surface area contributed by atoms with Crippen LogP contribution in [-0.4, -0.2) is 87.4 Å². The molecule has 0 saturated heterocycles. The molecule has 2 atom stereocenters. The van der Waals surface area contributed by atoms with E-state index in [0.29, 0.717) is 22.8 Å². The van der Waals surface area contributed by atoms with Crippen LogP contribution in [0.4, 0.5) is 9.59 Å². The SMILES string of the molecule is COC(=O)NCCOc1ccc(C[C@H](NC(=O)O)[C@@H](O)CN(CC(C)C)S(=O)(=O)c2ccc3c(c2)OCO3)cc1. The second-order valence-electron chi connectivity index (χ2n) is 9.47. The third-order valence-electron chi connectivity index (χ3n) is 5.92. The highest BCUT2D eigenvalue weighted by atomic mass is 32.2. The molecule has 1 aliphatic rings. The van der Waals surface area contributed by atoms with E-state index in [4.69, 9.17) is 14.2 Å². The molecule has 14 heteroatoms. The van der Waals surface area contributed by atoms with Gasteiger partial charge in [0.15, 0.2) is 11.5 Å². The average molecular weight is 582 g/mol. The fourth-order valence-electron chi connectivity index (χ4n) is 4.01. The molecule has 40 heavy (non-hydrogen) atoms. The molecule has 2 aromatic rings. The topological polar surface area (TPSA) is 173 Å². The molecule has 0 spiro atoms. The molecule has 0 fully saturated rings. The van der Waals surface area contributed by atoms with Crippen LogP contribution >= 0.6 is 0 Å². The normalized spacial score (nSPS) is 14.1. The Morgan fingerprint density at radius 2 is 1.77 bits per heavy atom. The summed E-state index contributed by atoms with van der Waals surface area (Å²) < 4.78 is 48.8. The number of carbonyl (C=O) groups is 2. The fraction of sp³-hybridized carbons (Fsp3) is 0.462. The molecule has 1 aliphatic heterocycles. The lowest BCUT2D eigenvalue weighted by Gasteiger charge is -2.30. The summed E-state index contributed by atoms with van der Waals surface area (Å²) in [5.74, 6) is 1.20. The predicted octanol–water partition coefficient (Wildman–Crippen LogP) is 2.04. The van der Waals surface area contributed by atoms with E-state index in [1.165, 1.54) is 25.3 Å². The number of benzene rings is 2. The maximum Gasteiger partial charge on any atom is 0.406 e. The molecule has 0 unspecified atom stereocenters. The van der Waals surface area contributed by atoms with Crippen molar-refractivity contribution in [3.63, 3.8) is 0 Å². The van der Waals surface area contributed by atoms with Gasteiger partial charge in [-0.05, 0) is 42.2 Å². The molecule has 3 rings (SSSR count). The predicted molar refractivity (Wildman–Crippen MR) is 143 cm³/mol. The number of carbonyl (C=O) groups excluding carboxylic acids is 1. The Morgan fingerprint density at radius 1 is 1.07 bits per heavy atom. The average Bonchev–Trinajstić information content (AvgIpc) is 3.38. The minimum atomic E-state index is -4.06. The summed E-state index contributed by atoms with van der Waals surface area (Å²) in [6.07, 6.45) is -3.18. The summed E-state index contributed by atoms with van der Waals surface area (Å²) in [5, 5.41) is 25.3. The van der Waals surface area contributed by atoms with Gasteiger partial charge in [-0.2, -0.15) is 4.31 Å². The van der Waals surface area contributed by atoms with E-state index in [9.17, 15) is 28.2 Å². The number of carboxylic acid groups (broad SMARTS) is 1. The van der Waals surface area contributed by atoms with E-state index in [2.05, 4.69) is 15.4 Å². The standard InChI is InChI=1S/C26H35N3O10S/c1-17(2)14-29(40(34,35)20-8-9-23-24(13-20)39-16-38-23)15-22(30)21(28-25(31)32)12-18-4-6-19(7-5-18)37-11-10-27-26(33)36-3/h4-9,13,17,21-22,28,30H,10-12,14-16H2,1-3H3,(H,27,33)(H,31,32)/t21-,22-/m0/s1. The van der Waals surface area contributed by atoms with Gasteiger partial charge >= 0.3 is 12.2 Å². The van der Waals surface area contributed by atoms with Crippen molar-refractivity contribution in [1.82, 2.24) is 14.9 Å². The number of amides is 2. The smallest absolute Gasteiger partial charge is 0.406 e. The Hall–Kier alpha value is -3.75. The molecule has 1 heterocycles. The van der Waals surface area contributed by atoms with Crippen molar-refractivity contribution in [1.29, 1.82) is 0 Å². The number of aliphatic hydroxyl groups is 1. The number of nitrogens with zero attached hydrogens (tertiary/aromatic N) is 1. The van der Waals surface area contributed by atoms with Gasteiger partial charge in [-0.25, -0.2) is 18.0 Å². The van der Waals surface area contributed by atoms with Crippen molar-refractivity contribution < 1.29 is 47.2 Å². The van der Waals surface area contributed by atoms with E-state index in [1.54, 1.807) is 24.3 Å². The Kier molecular flexibility index (Phi) is 10.8. The molecular weight excluding hydrogens is 546 g/mol. The van der Waals surface area contributed by atoms with E-state index >= 15 is 0 Å². The summed E-state index contributed by atoms with van der Waals surface area (Å²) in [6.45, 7) is 3.90. The van der Waals surface area contributed by atoms with Crippen LogP contribution in [0, 0.1) is 5.92 Å². The third-order valence-corrected chi connectivity index (χ3v) is 7.75. The van der Waals surface area contributed by atoms with Gasteiger partial charge in [0, 0.05) is 19.2 Å². The van der Waals surface area contributed by atoms with Gasteiger partial charge < -0.3 is 39.8 Å². The van der Waals surface area contributed by atoms with Gasteiger partial charge in [-0.1, -0.05) is 26.0 Å². The molecule has 0 radical (unpaired) electrons. The quantitative estimate of drug-likeness (QED) is 0.242. The Balaban J connectivity index is 1.70. The number of rotatable bonds is 14. The van der Waals surface area contributed by atoms with Crippen LogP contribution in [0.3, 0.4) is 0 Å². The van der Waals surface area contributed by atoms with Gasteiger partial charge in [-0.3, -0.25) is 0 Å². The van der Waals surface area contributed by atoms with Crippen molar-refractivity contribution in [3.05, 3.63) is 48.0 Å². The first-order chi connectivity index (χ1) is 19.0. The molecular formula is C26H35N3O10S. The summed E-state index contributed by atoms with van der Waals surface area (Å²) in [5.41, 5.74) is 0.687. The van der Waals surface area contributed by atoms with Crippen LogP contribution in [0.2, 0.25) is 0 Å². The fourth-order valence-corrected chi connectivity index (χ4v) is 5.65. The Morgan fingerprint density at radius 3 is 2.42 bits per heavy atom. The first kappa shape index (κ1) is 30.8. The number of alkyl carbamates (subject to hydrolysis) is 1. The van der Waals surface area contributed by atoms with E-state index in [1.807, 2.05) is 13.8 Å². The van der Waals surface area contributed by atoms with E-state index in [-0.39, 0.29) is 50.3 Å². The van der Waals surface area contributed by atoms with Crippen LogP contribution in [0.5, 0.6) is 17.2 Å².